The average molecular weight is 203 g/mol. The molecule has 1 heterocycles. The molecule has 1 amide bonds. The van der Waals surface area contributed by atoms with Gasteiger partial charge < -0.3 is 9.64 Å². The van der Waals surface area contributed by atoms with Crippen LogP contribution in [0.5, 0.6) is 0 Å². The molecule has 0 radical (unpaired) electrons. The largest absolute Gasteiger partial charge is 0.382 e. The first-order valence-corrected chi connectivity index (χ1v) is 5.29. The molecule has 0 bridgehead atoms. The van der Waals surface area contributed by atoms with Crippen molar-refractivity contribution in [2.75, 3.05) is 26.3 Å². The van der Waals surface area contributed by atoms with Crippen molar-refractivity contribution >= 4 is 18.5 Å². The van der Waals surface area contributed by atoms with Crippen LogP contribution in [0.2, 0.25) is 0 Å². The van der Waals surface area contributed by atoms with Crippen LogP contribution in [0.1, 0.15) is 19.8 Å². The van der Waals surface area contributed by atoms with E-state index in [9.17, 15) is 4.79 Å². The molecule has 1 atom stereocenters. The third-order valence-corrected chi connectivity index (χ3v) is 2.46. The Balaban J connectivity index is 2.11. The number of hydrogen-bond acceptors (Lipinski definition) is 3. The van der Waals surface area contributed by atoms with Crippen molar-refractivity contribution < 1.29 is 9.53 Å². The normalized spacial score (nSPS) is 22.8. The molecule has 13 heavy (non-hydrogen) atoms. The van der Waals surface area contributed by atoms with Gasteiger partial charge in [0.25, 0.3) is 0 Å². The minimum Gasteiger partial charge on any atom is -0.382 e. The predicted molar refractivity (Wildman–Crippen MR) is 55.1 cm³/mol. The van der Waals surface area contributed by atoms with Gasteiger partial charge in [-0.3, -0.25) is 4.79 Å². The maximum atomic E-state index is 11.3. The van der Waals surface area contributed by atoms with E-state index in [1.807, 2.05) is 11.8 Å². The standard InChI is InChI=1S/C9H17NO2S/c1-2-12-5-3-4-10-7-8(13)6-9(10)11/h8,13H,2-7H2,1H3. The van der Waals surface area contributed by atoms with Gasteiger partial charge in [0.15, 0.2) is 0 Å². The van der Waals surface area contributed by atoms with Crippen LogP contribution in [-0.4, -0.2) is 42.4 Å². The van der Waals surface area contributed by atoms with Crippen molar-refractivity contribution in [3.63, 3.8) is 0 Å². The highest BCUT2D eigenvalue weighted by molar-refractivity contribution is 7.81. The van der Waals surface area contributed by atoms with Gasteiger partial charge >= 0.3 is 0 Å². The fourth-order valence-electron chi connectivity index (χ4n) is 1.47. The van der Waals surface area contributed by atoms with E-state index in [0.29, 0.717) is 6.42 Å². The molecule has 0 aromatic heterocycles. The molecule has 0 spiro atoms. The van der Waals surface area contributed by atoms with Crippen LogP contribution in [0, 0.1) is 0 Å². The van der Waals surface area contributed by atoms with Crippen molar-refractivity contribution in [2.24, 2.45) is 0 Å². The molecule has 3 nitrogen and oxygen atoms in total. The summed E-state index contributed by atoms with van der Waals surface area (Å²) in [6.45, 7) is 5.09. The Kier molecular flexibility index (Phi) is 4.59. The third kappa shape index (κ3) is 3.56. The molecule has 1 unspecified atom stereocenters. The van der Waals surface area contributed by atoms with Gasteiger partial charge in [0.2, 0.25) is 5.91 Å². The molecule has 0 aromatic rings. The van der Waals surface area contributed by atoms with Crippen LogP contribution in [0.25, 0.3) is 0 Å². The van der Waals surface area contributed by atoms with Gasteiger partial charge in [-0.2, -0.15) is 12.6 Å². The van der Waals surface area contributed by atoms with E-state index in [1.165, 1.54) is 0 Å². The summed E-state index contributed by atoms with van der Waals surface area (Å²) in [6.07, 6.45) is 1.53. The molecule has 1 aliphatic heterocycles. The summed E-state index contributed by atoms with van der Waals surface area (Å²) in [7, 11) is 0. The molecular weight excluding hydrogens is 186 g/mol. The molecule has 0 aliphatic carbocycles. The van der Waals surface area contributed by atoms with Gasteiger partial charge in [0, 0.05) is 38.0 Å². The van der Waals surface area contributed by atoms with Crippen LogP contribution < -0.4 is 0 Å². The Morgan fingerprint density at radius 2 is 2.46 bits per heavy atom. The van der Waals surface area contributed by atoms with E-state index in [1.54, 1.807) is 0 Å². The van der Waals surface area contributed by atoms with Gasteiger partial charge in [0.05, 0.1) is 0 Å². The summed E-state index contributed by atoms with van der Waals surface area (Å²) in [5.74, 6) is 0.233. The number of ether oxygens (including phenoxy) is 1. The number of rotatable bonds is 5. The van der Waals surface area contributed by atoms with Crippen molar-refractivity contribution in [1.29, 1.82) is 0 Å². The predicted octanol–water partition coefficient (Wildman–Crippen LogP) is 0.944. The summed E-state index contributed by atoms with van der Waals surface area (Å²) >= 11 is 4.28. The number of thiol groups is 1. The van der Waals surface area contributed by atoms with Crippen LogP contribution in [0.4, 0.5) is 0 Å². The maximum Gasteiger partial charge on any atom is 0.223 e. The Bertz CT molecular complexity index is 175. The number of nitrogens with zero attached hydrogens (tertiary/aromatic N) is 1. The highest BCUT2D eigenvalue weighted by atomic mass is 32.1. The molecule has 1 fully saturated rings. The SMILES string of the molecule is CCOCCCN1CC(S)CC1=O. The minimum atomic E-state index is 0.233. The zero-order valence-corrected chi connectivity index (χ0v) is 8.93. The van der Waals surface area contributed by atoms with Gasteiger partial charge in [-0.05, 0) is 13.3 Å². The average Bonchev–Trinajstić information content (AvgIpc) is 2.39. The quantitative estimate of drug-likeness (QED) is 0.532. The number of carbonyl (C=O) groups is 1. The van der Waals surface area contributed by atoms with Gasteiger partial charge in [-0.1, -0.05) is 0 Å². The van der Waals surface area contributed by atoms with E-state index >= 15 is 0 Å². The molecule has 4 heteroatoms. The Morgan fingerprint density at radius 3 is 3.00 bits per heavy atom. The van der Waals surface area contributed by atoms with E-state index in [0.717, 1.165) is 32.7 Å². The van der Waals surface area contributed by atoms with Gasteiger partial charge in [-0.25, -0.2) is 0 Å². The van der Waals surface area contributed by atoms with E-state index in [-0.39, 0.29) is 11.2 Å². The Hall–Kier alpha value is -0.220. The zero-order valence-electron chi connectivity index (χ0n) is 8.03. The van der Waals surface area contributed by atoms with Gasteiger partial charge in [-0.15, -0.1) is 0 Å². The first-order valence-electron chi connectivity index (χ1n) is 4.77. The maximum absolute atomic E-state index is 11.3. The Morgan fingerprint density at radius 1 is 1.69 bits per heavy atom. The van der Waals surface area contributed by atoms with Crippen LogP contribution >= 0.6 is 12.6 Å². The summed E-state index contributed by atoms with van der Waals surface area (Å²) in [5.41, 5.74) is 0. The summed E-state index contributed by atoms with van der Waals surface area (Å²) in [5, 5.41) is 0.236. The lowest BCUT2D eigenvalue weighted by Gasteiger charge is -2.15. The van der Waals surface area contributed by atoms with E-state index in [4.69, 9.17) is 4.74 Å². The monoisotopic (exact) mass is 203 g/mol. The minimum absolute atomic E-state index is 0.233. The number of carbonyl (C=O) groups excluding carboxylic acids is 1. The lowest BCUT2D eigenvalue weighted by atomic mass is 10.4. The van der Waals surface area contributed by atoms with Crippen LogP contribution in [-0.2, 0) is 9.53 Å². The zero-order chi connectivity index (χ0) is 9.68. The van der Waals surface area contributed by atoms with Crippen molar-refractivity contribution in [3.8, 4) is 0 Å². The van der Waals surface area contributed by atoms with E-state index < -0.39 is 0 Å². The van der Waals surface area contributed by atoms with Crippen LogP contribution in [0.15, 0.2) is 0 Å². The number of hydrogen-bond donors (Lipinski definition) is 1. The molecule has 1 saturated heterocycles. The fraction of sp³-hybridized carbons (Fsp3) is 0.889. The van der Waals surface area contributed by atoms with Crippen molar-refractivity contribution in [2.45, 2.75) is 25.0 Å². The van der Waals surface area contributed by atoms with Crippen molar-refractivity contribution in [3.05, 3.63) is 0 Å². The molecule has 0 saturated carbocycles. The smallest absolute Gasteiger partial charge is 0.223 e. The first kappa shape index (κ1) is 10.9. The first-order chi connectivity index (χ1) is 6.24. The number of likely N-dealkylation sites (tertiary alicyclic amines) is 1. The van der Waals surface area contributed by atoms with Crippen LogP contribution in [0.3, 0.4) is 0 Å². The molecule has 0 N–H and O–H groups in total. The summed E-state index contributed by atoms with van der Waals surface area (Å²) in [4.78, 5) is 13.2. The molecule has 1 aliphatic rings. The van der Waals surface area contributed by atoms with Crippen molar-refractivity contribution in [1.82, 2.24) is 4.90 Å². The summed E-state index contributed by atoms with van der Waals surface area (Å²) < 4.78 is 5.20. The summed E-state index contributed by atoms with van der Waals surface area (Å²) in [6, 6.07) is 0. The highest BCUT2D eigenvalue weighted by Gasteiger charge is 2.26. The second kappa shape index (κ2) is 5.50. The second-order valence-electron chi connectivity index (χ2n) is 3.25. The van der Waals surface area contributed by atoms with Gasteiger partial charge in [0.1, 0.15) is 0 Å². The lowest BCUT2D eigenvalue weighted by molar-refractivity contribution is -0.127. The molecule has 76 valence electrons. The topological polar surface area (TPSA) is 29.5 Å². The molecule has 1 rings (SSSR count). The number of amides is 1. The molecule has 0 aromatic carbocycles. The fourth-order valence-corrected chi connectivity index (χ4v) is 1.82. The highest BCUT2D eigenvalue weighted by Crippen LogP contribution is 2.15. The third-order valence-electron chi connectivity index (χ3n) is 2.11. The Labute approximate surface area is 84.8 Å². The second-order valence-corrected chi connectivity index (χ2v) is 3.98. The van der Waals surface area contributed by atoms with E-state index in [2.05, 4.69) is 12.6 Å². The molecular formula is C9H17NO2S. The lowest BCUT2D eigenvalue weighted by Crippen LogP contribution is -2.27.